The zero-order valence-electron chi connectivity index (χ0n) is 14.5. The minimum Gasteiger partial charge on any atom is -0.325 e. The maximum atomic E-state index is 12.2. The molecule has 0 aliphatic rings. The number of rotatable bonds is 6. The van der Waals surface area contributed by atoms with Gasteiger partial charge in [0.05, 0.1) is 12.2 Å². The fourth-order valence-electron chi connectivity index (χ4n) is 2.71. The van der Waals surface area contributed by atoms with E-state index in [-0.39, 0.29) is 11.5 Å². The van der Waals surface area contributed by atoms with Crippen LogP contribution < -0.4 is 10.9 Å². The molecule has 0 spiro atoms. The molecule has 1 N–H and O–H groups in total. The van der Waals surface area contributed by atoms with E-state index in [1.807, 2.05) is 36.4 Å². The molecule has 0 saturated carbocycles. The molecular weight excluding hydrogens is 383 g/mol. The molecule has 0 aliphatic heterocycles. The zero-order chi connectivity index (χ0) is 19.2. The van der Waals surface area contributed by atoms with Gasteiger partial charge < -0.3 is 9.88 Å². The third-order valence-corrected chi connectivity index (χ3v) is 4.88. The molecular formula is C21H18Cl2N2O2. The lowest BCUT2D eigenvalue weighted by Gasteiger charge is -2.11. The van der Waals surface area contributed by atoms with E-state index in [0.29, 0.717) is 35.1 Å². The van der Waals surface area contributed by atoms with Gasteiger partial charge >= 0.3 is 0 Å². The molecule has 0 bridgehead atoms. The topological polar surface area (TPSA) is 51.1 Å². The van der Waals surface area contributed by atoms with Gasteiger partial charge in [-0.3, -0.25) is 9.59 Å². The number of amides is 1. The number of benzene rings is 2. The molecule has 1 amide bonds. The molecule has 4 nitrogen and oxygen atoms in total. The molecule has 3 rings (SSSR count). The van der Waals surface area contributed by atoms with Crippen LogP contribution in [0, 0.1) is 0 Å². The minimum absolute atomic E-state index is 0.141. The van der Waals surface area contributed by atoms with E-state index in [0.717, 1.165) is 11.1 Å². The summed E-state index contributed by atoms with van der Waals surface area (Å²) in [7, 11) is 0. The first kappa shape index (κ1) is 19.2. The summed E-state index contributed by atoms with van der Waals surface area (Å²) in [6, 6.07) is 17.8. The molecule has 27 heavy (non-hydrogen) atoms. The lowest BCUT2D eigenvalue weighted by molar-refractivity contribution is -0.116. The van der Waals surface area contributed by atoms with Crippen molar-refractivity contribution in [2.45, 2.75) is 19.4 Å². The van der Waals surface area contributed by atoms with Crippen molar-refractivity contribution in [2.24, 2.45) is 0 Å². The highest BCUT2D eigenvalue weighted by atomic mass is 35.5. The van der Waals surface area contributed by atoms with E-state index >= 15 is 0 Å². The van der Waals surface area contributed by atoms with Crippen molar-refractivity contribution in [3.05, 3.63) is 98.4 Å². The van der Waals surface area contributed by atoms with Crippen LogP contribution in [0.4, 0.5) is 5.69 Å². The van der Waals surface area contributed by atoms with Crippen LogP contribution in [0.15, 0.2) is 71.7 Å². The van der Waals surface area contributed by atoms with E-state index in [1.165, 1.54) is 10.6 Å². The monoisotopic (exact) mass is 400 g/mol. The van der Waals surface area contributed by atoms with E-state index < -0.39 is 0 Å². The minimum atomic E-state index is -0.163. The lowest BCUT2D eigenvalue weighted by Crippen LogP contribution is -2.21. The summed E-state index contributed by atoms with van der Waals surface area (Å²) >= 11 is 12.3. The van der Waals surface area contributed by atoms with Gasteiger partial charge in [0.1, 0.15) is 0 Å². The Morgan fingerprint density at radius 1 is 0.889 bits per heavy atom. The number of aryl methyl sites for hydroxylation is 1. The number of anilines is 1. The standard InChI is InChI=1S/C21H18Cl2N2O2/c22-18-7-3-1-5-15(18)9-11-20(26)24-17-10-12-21(27)25(14-17)13-16-6-2-4-8-19(16)23/h1-8,10,12,14H,9,11,13H2,(H,24,26). The van der Waals surface area contributed by atoms with Crippen LogP contribution >= 0.6 is 23.2 Å². The van der Waals surface area contributed by atoms with Crippen LogP contribution in [-0.2, 0) is 17.8 Å². The molecule has 0 aliphatic carbocycles. The average Bonchev–Trinajstić information content (AvgIpc) is 2.65. The van der Waals surface area contributed by atoms with Crippen molar-refractivity contribution < 1.29 is 4.79 Å². The predicted molar refractivity (Wildman–Crippen MR) is 110 cm³/mol. The Hall–Kier alpha value is -2.56. The van der Waals surface area contributed by atoms with E-state index in [9.17, 15) is 9.59 Å². The van der Waals surface area contributed by atoms with Crippen molar-refractivity contribution in [2.75, 3.05) is 5.32 Å². The van der Waals surface area contributed by atoms with Gasteiger partial charge in [-0.1, -0.05) is 59.6 Å². The van der Waals surface area contributed by atoms with Crippen LogP contribution in [0.2, 0.25) is 10.0 Å². The maximum absolute atomic E-state index is 12.2. The number of pyridine rings is 1. The first-order chi connectivity index (χ1) is 13.0. The molecule has 3 aromatic rings. The number of carbonyl (C=O) groups is 1. The molecule has 0 unspecified atom stereocenters. The van der Waals surface area contributed by atoms with Crippen LogP contribution in [0.3, 0.4) is 0 Å². The quantitative estimate of drug-likeness (QED) is 0.647. The second-order valence-electron chi connectivity index (χ2n) is 6.11. The molecule has 0 radical (unpaired) electrons. The van der Waals surface area contributed by atoms with Gasteiger partial charge in [-0.25, -0.2) is 0 Å². The molecule has 2 aromatic carbocycles. The second-order valence-corrected chi connectivity index (χ2v) is 6.93. The third-order valence-electron chi connectivity index (χ3n) is 4.14. The number of carbonyl (C=O) groups excluding carboxylic acids is 1. The summed E-state index contributed by atoms with van der Waals surface area (Å²) in [5.41, 5.74) is 2.16. The zero-order valence-corrected chi connectivity index (χ0v) is 16.0. The number of hydrogen-bond donors (Lipinski definition) is 1. The Balaban J connectivity index is 1.67. The van der Waals surface area contributed by atoms with Gasteiger partial charge in [0, 0.05) is 28.7 Å². The van der Waals surface area contributed by atoms with Gasteiger partial charge in [0.15, 0.2) is 0 Å². The number of hydrogen-bond acceptors (Lipinski definition) is 2. The second kappa shape index (κ2) is 8.89. The Kier molecular flexibility index (Phi) is 6.32. The predicted octanol–water partition coefficient (Wildman–Crippen LogP) is 4.77. The van der Waals surface area contributed by atoms with Crippen LogP contribution in [-0.4, -0.2) is 10.5 Å². The van der Waals surface area contributed by atoms with Crippen molar-refractivity contribution in [3.63, 3.8) is 0 Å². The van der Waals surface area contributed by atoms with Crippen molar-refractivity contribution in [1.29, 1.82) is 0 Å². The summed E-state index contributed by atoms with van der Waals surface area (Å²) in [5.74, 6) is -0.141. The summed E-state index contributed by atoms with van der Waals surface area (Å²) < 4.78 is 1.52. The third kappa shape index (κ3) is 5.22. The van der Waals surface area contributed by atoms with E-state index in [1.54, 1.807) is 24.4 Å². The SMILES string of the molecule is O=C(CCc1ccccc1Cl)Nc1ccc(=O)n(Cc2ccccc2Cl)c1. The largest absolute Gasteiger partial charge is 0.325 e. The smallest absolute Gasteiger partial charge is 0.250 e. The molecule has 1 aromatic heterocycles. The first-order valence-electron chi connectivity index (χ1n) is 8.50. The summed E-state index contributed by atoms with van der Waals surface area (Å²) in [5, 5.41) is 4.07. The fourth-order valence-corrected chi connectivity index (χ4v) is 3.14. The Morgan fingerprint density at radius 2 is 1.52 bits per heavy atom. The van der Waals surface area contributed by atoms with E-state index in [2.05, 4.69) is 5.32 Å². The van der Waals surface area contributed by atoms with Gasteiger partial charge in [-0.05, 0) is 35.7 Å². The molecule has 0 fully saturated rings. The summed E-state index contributed by atoms with van der Waals surface area (Å²) in [6.07, 6.45) is 2.47. The Bertz CT molecular complexity index is 1010. The number of nitrogens with one attached hydrogen (secondary N) is 1. The van der Waals surface area contributed by atoms with Gasteiger partial charge in [-0.15, -0.1) is 0 Å². The lowest BCUT2D eigenvalue weighted by atomic mass is 10.1. The highest BCUT2D eigenvalue weighted by Crippen LogP contribution is 2.18. The normalized spacial score (nSPS) is 10.6. The fraction of sp³-hybridized carbons (Fsp3) is 0.143. The highest BCUT2D eigenvalue weighted by molar-refractivity contribution is 6.31. The van der Waals surface area contributed by atoms with Gasteiger partial charge in [0.2, 0.25) is 5.91 Å². The van der Waals surface area contributed by atoms with E-state index in [4.69, 9.17) is 23.2 Å². The number of halogens is 2. The molecule has 0 atom stereocenters. The van der Waals surface area contributed by atoms with Crippen LogP contribution in [0.1, 0.15) is 17.5 Å². The van der Waals surface area contributed by atoms with Crippen molar-refractivity contribution in [1.82, 2.24) is 4.57 Å². The van der Waals surface area contributed by atoms with Crippen LogP contribution in [0.5, 0.6) is 0 Å². The first-order valence-corrected chi connectivity index (χ1v) is 9.25. The molecule has 138 valence electrons. The number of nitrogens with zero attached hydrogens (tertiary/aromatic N) is 1. The highest BCUT2D eigenvalue weighted by Gasteiger charge is 2.08. The van der Waals surface area contributed by atoms with Crippen LogP contribution in [0.25, 0.3) is 0 Å². The number of aromatic nitrogens is 1. The van der Waals surface area contributed by atoms with Gasteiger partial charge in [0.25, 0.3) is 5.56 Å². The summed E-state index contributed by atoms with van der Waals surface area (Å²) in [6.45, 7) is 0.335. The molecule has 6 heteroatoms. The Labute approximate surface area is 167 Å². The van der Waals surface area contributed by atoms with Crippen molar-refractivity contribution in [3.8, 4) is 0 Å². The van der Waals surface area contributed by atoms with Gasteiger partial charge in [-0.2, -0.15) is 0 Å². The van der Waals surface area contributed by atoms with Crippen molar-refractivity contribution >= 4 is 34.8 Å². The molecule has 0 saturated heterocycles. The molecule has 1 heterocycles. The maximum Gasteiger partial charge on any atom is 0.250 e. The average molecular weight is 401 g/mol. The Morgan fingerprint density at radius 3 is 2.19 bits per heavy atom. The summed E-state index contributed by atoms with van der Waals surface area (Å²) in [4.78, 5) is 24.4.